The van der Waals surface area contributed by atoms with Crippen LogP contribution in [0.2, 0.25) is 0 Å². The molecule has 3 nitrogen and oxygen atoms in total. The Balaban J connectivity index is 2.32. The molecule has 1 aliphatic heterocycles. The first-order valence-corrected chi connectivity index (χ1v) is 5.33. The van der Waals surface area contributed by atoms with E-state index in [0.29, 0.717) is 18.6 Å². The number of nitrogens with zero attached hydrogens (tertiary/aromatic N) is 1. The number of hydrogen-bond acceptors (Lipinski definition) is 3. The molecule has 78 valence electrons. The van der Waals surface area contributed by atoms with Crippen LogP contribution in [0.3, 0.4) is 0 Å². The van der Waals surface area contributed by atoms with Crippen LogP contribution in [0.25, 0.3) is 0 Å². The summed E-state index contributed by atoms with van der Waals surface area (Å²) in [5, 5.41) is 0. The van der Waals surface area contributed by atoms with Crippen molar-refractivity contribution in [1.82, 2.24) is 4.90 Å². The van der Waals surface area contributed by atoms with Gasteiger partial charge in [-0.15, -0.1) is 0 Å². The van der Waals surface area contributed by atoms with Gasteiger partial charge < -0.3 is 9.74 Å². The summed E-state index contributed by atoms with van der Waals surface area (Å²) in [4.78, 5) is 7.27. The van der Waals surface area contributed by atoms with E-state index in [1.807, 2.05) is 0 Å². The molecule has 0 aromatic carbocycles. The fourth-order valence-corrected chi connectivity index (χ4v) is 2.03. The number of likely N-dealkylation sites (tertiary alicyclic amines) is 1. The van der Waals surface area contributed by atoms with Crippen LogP contribution < -0.4 is 5.90 Å². The van der Waals surface area contributed by atoms with E-state index in [4.69, 9.17) is 10.7 Å². The van der Waals surface area contributed by atoms with Crippen molar-refractivity contribution in [1.29, 1.82) is 0 Å². The summed E-state index contributed by atoms with van der Waals surface area (Å²) in [5.74, 6) is 5.74. The lowest BCUT2D eigenvalue weighted by Crippen LogP contribution is -2.42. The number of piperidine rings is 1. The van der Waals surface area contributed by atoms with Crippen molar-refractivity contribution in [3.63, 3.8) is 0 Å². The predicted octanol–water partition coefficient (Wildman–Crippen LogP) is 1.39. The van der Waals surface area contributed by atoms with E-state index < -0.39 is 0 Å². The van der Waals surface area contributed by atoms with Gasteiger partial charge in [0.25, 0.3) is 0 Å². The van der Waals surface area contributed by atoms with E-state index >= 15 is 0 Å². The molecule has 1 saturated heterocycles. The van der Waals surface area contributed by atoms with Crippen molar-refractivity contribution in [2.75, 3.05) is 19.7 Å². The third kappa shape index (κ3) is 3.25. The van der Waals surface area contributed by atoms with E-state index in [-0.39, 0.29) is 0 Å². The van der Waals surface area contributed by atoms with E-state index in [9.17, 15) is 0 Å². The summed E-state index contributed by atoms with van der Waals surface area (Å²) < 4.78 is 0. The Bertz CT molecular complexity index is 139. The van der Waals surface area contributed by atoms with Gasteiger partial charge in [-0.1, -0.05) is 6.92 Å². The van der Waals surface area contributed by atoms with Crippen LogP contribution in [-0.2, 0) is 4.84 Å². The summed E-state index contributed by atoms with van der Waals surface area (Å²) in [6.45, 7) is 7.66. The summed E-state index contributed by atoms with van der Waals surface area (Å²) >= 11 is 0. The van der Waals surface area contributed by atoms with Gasteiger partial charge >= 0.3 is 0 Å². The topological polar surface area (TPSA) is 38.5 Å². The zero-order chi connectivity index (χ0) is 9.68. The molecule has 0 amide bonds. The standard InChI is InChI=1S/C10H22N2O/c1-3-9(2)12-6-4-5-10(7-12)8-13-11/h9-10H,3-8,11H2,1-2H3. The smallest absolute Gasteiger partial charge is 0.0719 e. The van der Waals surface area contributed by atoms with E-state index in [1.165, 1.54) is 25.8 Å². The Labute approximate surface area is 81.2 Å². The summed E-state index contributed by atoms with van der Waals surface area (Å²) in [6.07, 6.45) is 3.79. The summed E-state index contributed by atoms with van der Waals surface area (Å²) in [6, 6.07) is 0.709. The van der Waals surface area contributed by atoms with Crippen LogP contribution in [0.5, 0.6) is 0 Å². The lowest BCUT2D eigenvalue weighted by molar-refractivity contribution is 0.0480. The van der Waals surface area contributed by atoms with Crippen molar-refractivity contribution in [3.8, 4) is 0 Å². The average molecular weight is 186 g/mol. The molecule has 2 unspecified atom stereocenters. The second kappa shape index (κ2) is 5.58. The highest BCUT2D eigenvalue weighted by atomic mass is 16.6. The average Bonchev–Trinajstić information content (AvgIpc) is 2.18. The fraction of sp³-hybridized carbons (Fsp3) is 1.00. The number of nitrogens with two attached hydrogens (primary N) is 1. The highest BCUT2D eigenvalue weighted by Gasteiger charge is 2.22. The molecule has 2 N–H and O–H groups in total. The molecule has 1 heterocycles. The zero-order valence-corrected chi connectivity index (χ0v) is 8.83. The Hall–Kier alpha value is -0.120. The third-order valence-corrected chi connectivity index (χ3v) is 3.10. The maximum absolute atomic E-state index is 5.09. The molecule has 0 saturated carbocycles. The Morgan fingerprint density at radius 1 is 1.62 bits per heavy atom. The third-order valence-electron chi connectivity index (χ3n) is 3.10. The Kier molecular flexibility index (Phi) is 4.70. The van der Waals surface area contributed by atoms with E-state index in [1.54, 1.807) is 0 Å². The highest BCUT2D eigenvalue weighted by Crippen LogP contribution is 2.19. The molecule has 3 heteroatoms. The first-order chi connectivity index (χ1) is 6.27. The maximum atomic E-state index is 5.09. The van der Waals surface area contributed by atoms with Gasteiger partial charge in [0.15, 0.2) is 0 Å². The van der Waals surface area contributed by atoms with Crippen molar-refractivity contribution < 1.29 is 4.84 Å². The molecule has 0 aliphatic carbocycles. The van der Waals surface area contributed by atoms with Crippen LogP contribution in [-0.4, -0.2) is 30.6 Å². The molecule has 0 aromatic rings. The molecule has 13 heavy (non-hydrogen) atoms. The number of rotatable bonds is 4. The van der Waals surface area contributed by atoms with Crippen LogP contribution >= 0.6 is 0 Å². The molecular formula is C10H22N2O. The van der Waals surface area contributed by atoms with Gasteiger partial charge in [0.05, 0.1) is 6.61 Å². The first kappa shape index (κ1) is 11.0. The molecule has 1 rings (SSSR count). The van der Waals surface area contributed by atoms with Gasteiger partial charge in [-0.3, -0.25) is 0 Å². The van der Waals surface area contributed by atoms with Gasteiger partial charge in [0.1, 0.15) is 0 Å². The summed E-state index contributed by atoms with van der Waals surface area (Å²) in [5.41, 5.74) is 0. The van der Waals surface area contributed by atoms with Crippen LogP contribution in [0.15, 0.2) is 0 Å². The molecule has 0 radical (unpaired) electrons. The lowest BCUT2D eigenvalue weighted by atomic mass is 9.97. The minimum absolute atomic E-state index is 0.646. The van der Waals surface area contributed by atoms with Crippen LogP contribution in [0.4, 0.5) is 0 Å². The normalized spacial score (nSPS) is 27.5. The first-order valence-electron chi connectivity index (χ1n) is 5.33. The lowest BCUT2D eigenvalue weighted by Gasteiger charge is -2.36. The van der Waals surface area contributed by atoms with Gasteiger partial charge in [0, 0.05) is 12.6 Å². The Morgan fingerprint density at radius 2 is 2.38 bits per heavy atom. The van der Waals surface area contributed by atoms with Crippen molar-refractivity contribution in [2.45, 2.75) is 39.2 Å². The van der Waals surface area contributed by atoms with Gasteiger partial charge in [0.2, 0.25) is 0 Å². The van der Waals surface area contributed by atoms with Crippen LogP contribution in [0.1, 0.15) is 33.1 Å². The second-order valence-electron chi connectivity index (χ2n) is 4.09. The molecule has 1 aliphatic rings. The maximum Gasteiger partial charge on any atom is 0.0719 e. The van der Waals surface area contributed by atoms with Crippen LogP contribution in [0, 0.1) is 5.92 Å². The van der Waals surface area contributed by atoms with Crippen molar-refractivity contribution in [3.05, 3.63) is 0 Å². The minimum Gasteiger partial charge on any atom is -0.304 e. The van der Waals surface area contributed by atoms with Crippen molar-refractivity contribution >= 4 is 0 Å². The van der Waals surface area contributed by atoms with E-state index in [0.717, 1.165) is 6.54 Å². The molecule has 1 fully saturated rings. The molecule has 0 spiro atoms. The van der Waals surface area contributed by atoms with Gasteiger partial charge in [-0.2, -0.15) is 0 Å². The SMILES string of the molecule is CCC(C)N1CCCC(CON)C1. The monoisotopic (exact) mass is 186 g/mol. The van der Waals surface area contributed by atoms with Crippen molar-refractivity contribution in [2.24, 2.45) is 11.8 Å². The van der Waals surface area contributed by atoms with Gasteiger partial charge in [-0.25, -0.2) is 5.90 Å². The number of hydrogen-bond donors (Lipinski definition) is 1. The largest absolute Gasteiger partial charge is 0.304 e. The van der Waals surface area contributed by atoms with E-state index in [2.05, 4.69) is 18.7 Å². The fourth-order valence-electron chi connectivity index (χ4n) is 2.03. The molecule has 0 aromatic heterocycles. The Morgan fingerprint density at radius 3 is 3.00 bits per heavy atom. The quantitative estimate of drug-likeness (QED) is 0.674. The molecule has 2 atom stereocenters. The molecular weight excluding hydrogens is 164 g/mol. The highest BCUT2D eigenvalue weighted by molar-refractivity contribution is 4.76. The second-order valence-corrected chi connectivity index (χ2v) is 4.09. The summed E-state index contributed by atoms with van der Waals surface area (Å²) in [7, 11) is 0. The predicted molar refractivity (Wildman–Crippen MR) is 54.2 cm³/mol. The minimum atomic E-state index is 0.646. The van der Waals surface area contributed by atoms with Gasteiger partial charge in [-0.05, 0) is 38.6 Å². The molecule has 0 bridgehead atoms. The zero-order valence-electron chi connectivity index (χ0n) is 8.83.